The normalized spacial score (nSPS) is 11.7. The van der Waals surface area contributed by atoms with Crippen LogP contribution in [0.5, 0.6) is 5.75 Å². The van der Waals surface area contributed by atoms with E-state index < -0.39 is 11.8 Å². The van der Waals surface area contributed by atoms with Gasteiger partial charge in [-0.05, 0) is 43.7 Å². The van der Waals surface area contributed by atoms with E-state index in [0.29, 0.717) is 11.4 Å². The first-order chi connectivity index (χ1) is 11.9. The van der Waals surface area contributed by atoms with Crippen LogP contribution in [0.2, 0.25) is 0 Å². The fourth-order valence-electron chi connectivity index (χ4n) is 2.29. The lowest BCUT2D eigenvalue weighted by Gasteiger charge is -2.15. The SMILES string of the molecule is COc1ccc(C)cc1NC(=O)C(=O)NCC(OC)c1ccc(C)s1. The lowest BCUT2D eigenvalue weighted by molar-refractivity contribution is -0.136. The Hall–Kier alpha value is -2.38. The quantitative estimate of drug-likeness (QED) is 0.775. The minimum absolute atomic E-state index is 0.216. The average molecular weight is 362 g/mol. The van der Waals surface area contributed by atoms with Gasteiger partial charge in [0.1, 0.15) is 11.9 Å². The molecule has 2 rings (SSSR count). The Labute approximate surface area is 151 Å². The lowest BCUT2D eigenvalue weighted by Crippen LogP contribution is -2.37. The molecule has 7 heteroatoms. The van der Waals surface area contributed by atoms with Crippen LogP contribution in [0.25, 0.3) is 0 Å². The average Bonchev–Trinajstić information content (AvgIpc) is 3.01. The third-order valence-electron chi connectivity index (χ3n) is 3.62. The summed E-state index contributed by atoms with van der Waals surface area (Å²) in [6.07, 6.45) is -0.288. The Bertz CT molecular complexity index is 757. The second-order valence-electron chi connectivity index (χ2n) is 5.54. The monoisotopic (exact) mass is 362 g/mol. The first-order valence-corrected chi connectivity index (χ1v) is 8.59. The van der Waals surface area contributed by atoms with Gasteiger partial charge in [0.15, 0.2) is 0 Å². The molecule has 0 saturated carbocycles. The van der Waals surface area contributed by atoms with E-state index in [0.717, 1.165) is 15.3 Å². The molecule has 1 aromatic carbocycles. The predicted molar refractivity (Wildman–Crippen MR) is 98.2 cm³/mol. The fourth-order valence-corrected chi connectivity index (χ4v) is 3.25. The van der Waals surface area contributed by atoms with Crippen molar-refractivity contribution in [1.29, 1.82) is 0 Å². The molecule has 1 unspecified atom stereocenters. The molecule has 1 aromatic heterocycles. The van der Waals surface area contributed by atoms with Crippen LogP contribution in [0.15, 0.2) is 30.3 Å². The largest absolute Gasteiger partial charge is 0.495 e. The van der Waals surface area contributed by atoms with Crippen molar-refractivity contribution in [1.82, 2.24) is 5.32 Å². The molecular formula is C18H22N2O4S. The molecule has 0 aliphatic rings. The van der Waals surface area contributed by atoms with E-state index in [4.69, 9.17) is 9.47 Å². The Morgan fingerprint density at radius 3 is 2.48 bits per heavy atom. The molecule has 0 aliphatic heterocycles. The number of amides is 2. The minimum atomic E-state index is -0.749. The van der Waals surface area contributed by atoms with Crippen molar-refractivity contribution in [2.45, 2.75) is 20.0 Å². The molecule has 25 heavy (non-hydrogen) atoms. The number of carbonyl (C=O) groups excluding carboxylic acids is 2. The molecule has 0 aliphatic carbocycles. The topological polar surface area (TPSA) is 76.7 Å². The van der Waals surface area contributed by atoms with Crippen molar-refractivity contribution in [3.05, 3.63) is 45.6 Å². The van der Waals surface area contributed by atoms with Crippen molar-refractivity contribution in [3.8, 4) is 5.75 Å². The number of thiophene rings is 1. The summed E-state index contributed by atoms with van der Waals surface area (Å²) in [5.74, 6) is -0.976. The summed E-state index contributed by atoms with van der Waals surface area (Å²) in [4.78, 5) is 26.4. The maximum absolute atomic E-state index is 12.1. The molecule has 0 fully saturated rings. The minimum Gasteiger partial charge on any atom is -0.495 e. The summed E-state index contributed by atoms with van der Waals surface area (Å²) < 4.78 is 10.6. The highest BCUT2D eigenvalue weighted by molar-refractivity contribution is 7.12. The van der Waals surface area contributed by atoms with Crippen LogP contribution in [-0.2, 0) is 14.3 Å². The highest BCUT2D eigenvalue weighted by Gasteiger charge is 2.19. The second-order valence-corrected chi connectivity index (χ2v) is 6.86. The molecule has 0 bridgehead atoms. The van der Waals surface area contributed by atoms with E-state index >= 15 is 0 Å². The van der Waals surface area contributed by atoms with Gasteiger partial charge in [-0.1, -0.05) is 6.07 Å². The van der Waals surface area contributed by atoms with Crippen LogP contribution >= 0.6 is 11.3 Å². The number of anilines is 1. The van der Waals surface area contributed by atoms with Crippen molar-refractivity contribution >= 4 is 28.8 Å². The van der Waals surface area contributed by atoms with Crippen molar-refractivity contribution < 1.29 is 19.1 Å². The first kappa shape index (κ1) is 19.0. The number of hydrogen-bond acceptors (Lipinski definition) is 5. The molecule has 2 N–H and O–H groups in total. The molecule has 2 amide bonds. The fraction of sp³-hybridized carbons (Fsp3) is 0.333. The number of rotatable bonds is 6. The standard InChI is InChI=1S/C18H22N2O4S/c1-11-5-7-14(23-3)13(9-11)20-18(22)17(21)19-10-15(24-4)16-8-6-12(2)25-16/h5-9,15H,10H2,1-4H3,(H,19,21)(H,20,22). The smallest absolute Gasteiger partial charge is 0.313 e. The Balaban J connectivity index is 1.96. The van der Waals surface area contributed by atoms with Crippen molar-refractivity contribution in [3.63, 3.8) is 0 Å². The molecule has 1 atom stereocenters. The van der Waals surface area contributed by atoms with Gasteiger partial charge in [-0.3, -0.25) is 9.59 Å². The van der Waals surface area contributed by atoms with Crippen LogP contribution in [0.4, 0.5) is 5.69 Å². The Kier molecular flexibility index (Phi) is 6.55. The number of hydrogen-bond donors (Lipinski definition) is 2. The first-order valence-electron chi connectivity index (χ1n) is 7.77. The summed E-state index contributed by atoms with van der Waals surface area (Å²) in [7, 11) is 3.08. The zero-order valence-corrected chi connectivity index (χ0v) is 15.5. The van der Waals surface area contributed by atoms with E-state index in [1.54, 1.807) is 30.6 Å². The van der Waals surface area contributed by atoms with Crippen LogP contribution in [0.3, 0.4) is 0 Å². The van der Waals surface area contributed by atoms with Gasteiger partial charge >= 0.3 is 11.8 Å². The molecule has 0 saturated heterocycles. The molecule has 6 nitrogen and oxygen atoms in total. The maximum Gasteiger partial charge on any atom is 0.313 e. The Morgan fingerprint density at radius 1 is 1.12 bits per heavy atom. The highest BCUT2D eigenvalue weighted by atomic mass is 32.1. The van der Waals surface area contributed by atoms with Gasteiger partial charge in [0.25, 0.3) is 0 Å². The molecule has 134 valence electrons. The van der Waals surface area contributed by atoms with Gasteiger partial charge in [-0.15, -0.1) is 11.3 Å². The van der Waals surface area contributed by atoms with Crippen LogP contribution in [0.1, 0.15) is 21.4 Å². The van der Waals surface area contributed by atoms with E-state index in [1.165, 1.54) is 7.11 Å². The van der Waals surface area contributed by atoms with Crippen molar-refractivity contribution in [2.24, 2.45) is 0 Å². The third-order valence-corrected chi connectivity index (χ3v) is 4.71. The van der Waals surface area contributed by atoms with E-state index in [-0.39, 0.29) is 12.6 Å². The van der Waals surface area contributed by atoms with Crippen LogP contribution < -0.4 is 15.4 Å². The van der Waals surface area contributed by atoms with Crippen LogP contribution in [-0.4, -0.2) is 32.6 Å². The zero-order valence-electron chi connectivity index (χ0n) is 14.7. The zero-order chi connectivity index (χ0) is 18.4. The van der Waals surface area contributed by atoms with Gasteiger partial charge in [0.2, 0.25) is 0 Å². The number of methoxy groups -OCH3 is 2. The van der Waals surface area contributed by atoms with Gasteiger partial charge in [-0.2, -0.15) is 0 Å². The molecule has 0 radical (unpaired) electrons. The molecule has 0 spiro atoms. The van der Waals surface area contributed by atoms with Crippen LogP contribution in [0, 0.1) is 13.8 Å². The summed E-state index contributed by atoms with van der Waals surface area (Å²) in [6.45, 7) is 4.11. The maximum atomic E-state index is 12.1. The molecular weight excluding hydrogens is 340 g/mol. The number of carbonyl (C=O) groups is 2. The number of ether oxygens (including phenoxy) is 2. The third kappa shape index (κ3) is 5.04. The van der Waals surface area contributed by atoms with E-state index in [1.807, 2.05) is 32.0 Å². The van der Waals surface area contributed by atoms with Gasteiger partial charge < -0.3 is 20.1 Å². The van der Waals surface area contributed by atoms with E-state index in [2.05, 4.69) is 10.6 Å². The van der Waals surface area contributed by atoms with Gasteiger partial charge in [-0.25, -0.2) is 0 Å². The summed E-state index contributed by atoms with van der Waals surface area (Å²) in [6, 6.07) is 9.29. The van der Waals surface area contributed by atoms with Gasteiger partial charge in [0, 0.05) is 23.4 Å². The highest BCUT2D eigenvalue weighted by Crippen LogP contribution is 2.26. The summed E-state index contributed by atoms with van der Waals surface area (Å²) in [5.41, 5.74) is 1.41. The predicted octanol–water partition coefficient (Wildman–Crippen LogP) is 2.82. The second kappa shape index (κ2) is 8.64. The lowest BCUT2D eigenvalue weighted by atomic mass is 10.2. The van der Waals surface area contributed by atoms with Crippen molar-refractivity contribution in [2.75, 3.05) is 26.1 Å². The van der Waals surface area contributed by atoms with E-state index in [9.17, 15) is 9.59 Å². The number of aryl methyl sites for hydroxylation is 2. The summed E-state index contributed by atoms with van der Waals surface area (Å²) >= 11 is 1.60. The number of nitrogens with one attached hydrogen (secondary N) is 2. The number of benzene rings is 1. The molecule has 1 heterocycles. The molecule has 2 aromatic rings. The summed E-state index contributed by atoms with van der Waals surface area (Å²) in [5, 5.41) is 5.18. The Morgan fingerprint density at radius 2 is 1.88 bits per heavy atom. The van der Waals surface area contributed by atoms with Gasteiger partial charge in [0.05, 0.1) is 12.8 Å².